The standard InChI is InChI=1S/C13H17BrO2/c1-10(8-14)11(2)16-9-12-4-6-13(15-3)7-5-12/h4-7,11H,1,8-9H2,2-3H3/t11-/m0/s1. The molecule has 0 heterocycles. The molecule has 0 spiro atoms. The number of hydrogen-bond acceptors (Lipinski definition) is 2. The number of halogens is 1. The lowest BCUT2D eigenvalue weighted by atomic mass is 10.2. The first-order valence-electron chi connectivity index (χ1n) is 5.15. The monoisotopic (exact) mass is 284 g/mol. The van der Waals surface area contributed by atoms with Crippen LogP contribution >= 0.6 is 15.9 Å². The van der Waals surface area contributed by atoms with Crippen molar-refractivity contribution in [2.75, 3.05) is 12.4 Å². The van der Waals surface area contributed by atoms with Crippen LogP contribution in [0.4, 0.5) is 0 Å². The minimum atomic E-state index is 0.0708. The lowest BCUT2D eigenvalue weighted by Gasteiger charge is -2.14. The highest BCUT2D eigenvalue weighted by Gasteiger charge is 2.05. The number of methoxy groups -OCH3 is 1. The highest BCUT2D eigenvalue weighted by Crippen LogP contribution is 2.14. The number of hydrogen-bond donors (Lipinski definition) is 0. The van der Waals surface area contributed by atoms with Gasteiger partial charge in [-0.1, -0.05) is 34.6 Å². The average Bonchev–Trinajstić information content (AvgIpc) is 2.35. The van der Waals surface area contributed by atoms with E-state index in [1.807, 2.05) is 31.2 Å². The zero-order valence-corrected chi connectivity index (χ0v) is 11.3. The van der Waals surface area contributed by atoms with E-state index in [1.165, 1.54) is 0 Å². The van der Waals surface area contributed by atoms with Crippen molar-refractivity contribution in [3.8, 4) is 5.75 Å². The molecule has 0 unspecified atom stereocenters. The van der Waals surface area contributed by atoms with Crippen LogP contribution in [0.3, 0.4) is 0 Å². The second-order valence-electron chi connectivity index (χ2n) is 3.59. The van der Waals surface area contributed by atoms with Gasteiger partial charge in [0.05, 0.1) is 19.8 Å². The highest BCUT2D eigenvalue weighted by molar-refractivity contribution is 9.09. The normalized spacial score (nSPS) is 12.2. The Balaban J connectivity index is 2.45. The van der Waals surface area contributed by atoms with Crippen molar-refractivity contribution in [2.24, 2.45) is 0 Å². The molecule has 0 bridgehead atoms. The first-order chi connectivity index (χ1) is 7.67. The molecule has 88 valence electrons. The summed E-state index contributed by atoms with van der Waals surface area (Å²) in [5.74, 6) is 0.863. The summed E-state index contributed by atoms with van der Waals surface area (Å²) < 4.78 is 10.8. The smallest absolute Gasteiger partial charge is 0.118 e. The van der Waals surface area contributed by atoms with E-state index in [-0.39, 0.29) is 6.10 Å². The molecular formula is C13H17BrO2. The first kappa shape index (κ1) is 13.3. The Kier molecular flexibility index (Phi) is 5.56. The lowest BCUT2D eigenvalue weighted by molar-refractivity contribution is 0.0773. The van der Waals surface area contributed by atoms with E-state index in [4.69, 9.17) is 9.47 Å². The zero-order chi connectivity index (χ0) is 12.0. The second kappa shape index (κ2) is 6.71. The van der Waals surface area contributed by atoms with Gasteiger partial charge in [0, 0.05) is 5.33 Å². The summed E-state index contributed by atoms with van der Waals surface area (Å²) in [7, 11) is 1.66. The predicted molar refractivity (Wildman–Crippen MR) is 70.2 cm³/mol. The van der Waals surface area contributed by atoms with Gasteiger partial charge in [-0.2, -0.15) is 0 Å². The van der Waals surface area contributed by atoms with Crippen LogP contribution < -0.4 is 4.74 Å². The van der Waals surface area contributed by atoms with Gasteiger partial charge in [-0.05, 0) is 30.2 Å². The van der Waals surface area contributed by atoms with E-state index >= 15 is 0 Å². The van der Waals surface area contributed by atoms with Gasteiger partial charge < -0.3 is 9.47 Å². The molecule has 1 rings (SSSR count). The Hall–Kier alpha value is -0.800. The first-order valence-corrected chi connectivity index (χ1v) is 6.27. The minimum Gasteiger partial charge on any atom is -0.497 e. The Morgan fingerprint density at radius 3 is 2.50 bits per heavy atom. The van der Waals surface area contributed by atoms with E-state index in [0.717, 1.165) is 22.2 Å². The molecular weight excluding hydrogens is 268 g/mol. The number of benzene rings is 1. The molecule has 0 aliphatic rings. The van der Waals surface area contributed by atoms with Crippen molar-refractivity contribution >= 4 is 15.9 Å². The summed E-state index contributed by atoms with van der Waals surface area (Å²) in [5.41, 5.74) is 2.18. The van der Waals surface area contributed by atoms with Gasteiger partial charge in [-0.3, -0.25) is 0 Å². The summed E-state index contributed by atoms with van der Waals surface area (Å²) in [6.07, 6.45) is 0.0708. The molecule has 2 nitrogen and oxygen atoms in total. The van der Waals surface area contributed by atoms with Gasteiger partial charge in [-0.25, -0.2) is 0 Å². The van der Waals surface area contributed by atoms with Crippen molar-refractivity contribution in [3.63, 3.8) is 0 Å². The van der Waals surface area contributed by atoms with Crippen molar-refractivity contribution in [3.05, 3.63) is 42.0 Å². The van der Waals surface area contributed by atoms with Crippen LogP contribution in [0.15, 0.2) is 36.4 Å². The van der Waals surface area contributed by atoms with Gasteiger partial charge in [0.1, 0.15) is 5.75 Å². The third-order valence-corrected chi connectivity index (χ3v) is 3.13. The van der Waals surface area contributed by atoms with Crippen LogP contribution in [0.1, 0.15) is 12.5 Å². The second-order valence-corrected chi connectivity index (χ2v) is 4.15. The fourth-order valence-corrected chi connectivity index (χ4v) is 1.63. The lowest BCUT2D eigenvalue weighted by Crippen LogP contribution is -2.11. The van der Waals surface area contributed by atoms with Crippen LogP contribution in [0, 0.1) is 0 Å². The van der Waals surface area contributed by atoms with E-state index in [0.29, 0.717) is 6.61 Å². The molecule has 0 saturated heterocycles. The Morgan fingerprint density at radius 1 is 1.38 bits per heavy atom. The van der Waals surface area contributed by atoms with Gasteiger partial charge in [0.25, 0.3) is 0 Å². The summed E-state index contributed by atoms with van der Waals surface area (Å²) >= 11 is 3.36. The van der Waals surface area contributed by atoms with Crippen LogP contribution in [0.2, 0.25) is 0 Å². The molecule has 1 aromatic rings. The van der Waals surface area contributed by atoms with Crippen LogP contribution in [0.25, 0.3) is 0 Å². The molecule has 0 fully saturated rings. The van der Waals surface area contributed by atoms with Gasteiger partial charge >= 0.3 is 0 Å². The van der Waals surface area contributed by atoms with E-state index in [2.05, 4.69) is 22.5 Å². The Bertz CT molecular complexity index is 332. The molecule has 0 saturated carbocycles. The fraction of sp³-hybridized carbons (Fsp3) is 0.385. The average molecular weight is 285 g/mol. The van der Waals surface area contributed by atoms with E-state index in [9.17, 15) is 0 Å². The Labute approximate surface area is 105 Å². The fourth-order valence-electron chi connectivity index (χ4n) is 1.17. The van der Waals surface area contributed by atoms with Crippen molar-refractivity contribution in [1.29, 1.82) is 0 Å². The maximum Gasteiger partial charge on any atom is 0.118 e. The van der Waals surface area contributed by atoms with E-state index < -0.39 is 0 Å². The minimum absolute atomic E-state index is 0.0708. The topological polar surface area (TPSA) is 18.5 Å². The van der Waals surface area contributed by atoms with Crippen LogP contribution in [-0.4, -0.2) is 18.5 Å². The molecule has 0 amide bonds. The summed E-state index contributed by atoms with van der Waals surface area (Å²) in [6, 6.07) is 7.87. The van der Waals surface area contributed by atoms with Crippen molar-refractivity contribution in [1.82, 2.24) is 0 Å². The molecule has 0 N–H and O–H groups in total. The molecule has 0 aliphatic heterocycles. The van der Waals surface area contributed by atoms with Gasteiger partial charge in [0.15, 0.2) is 0 Å². The maximum atomic E-state index is 5.68. The van der Waals surface area contributed by atoms with Crippen molar-refractivity contribution in [2.45, 2.75) is 19.6 Å². The quantitative estimate of drug-likeness (QED) is 0.588. The molecule has 16 heavy (non-hydrogen) atoms. The molecule has 0 radical (unpaired) electrons. The third kappa shape index (κ3) is 3.99. The van der Waals surface area contributed by atoms with Crippen molar-refractivity contribution < 1.29 is 9.47 Å². The summed E-state index contributed by atoms with van der Waals surface area (Å²) in [5, 5.41) is 0.775. The Morgan fingerprint density at radius 2 is 2.00 bits per heavy atom. The van der Waals surface area contributed by atoms with E-state index in [1.54, 1.807) is 7.11 Å². The largest absolute Gasteiger partial charge is 0.497 e. The predicted octanol–water partition coefficient (Wildman–Crippen LogP) is 3.55. The summed E-state index contributed by atoms with van der Waals surface area (Å²) in [4.78, 5) is 0. The zero-order valence-electron chi connectivity index (χ0n) is 9.70. The molecule has 1 atom stereocenters. The molecule has 1 aromatic carbocycles. The van der Waals surface area contributed by atoms with Gasteiger partial charge in [-0.15, -0.1) is 0 Å². The highest BCUT2D eigenvalue weighted by atomic mass is 79.9. The molecule has 0 aromatic heterocycles. The third-order valence-electron chi connectivity index (χ3n) is 2.41. The number of rotatable bonds is 6. The molecule has 3 heteroatoms. The van der Waals surface area contributed by atoms with Crippen LogP contribution in [0.5, 0.6) is 5.75 Å². The number of ether oxygens (including phenoxy) is 2. The van der Waals surface area contributed by atoms with Crippen LogP contribution in [-0.2, 0) is 11.3 Å². The SMILES string of the molecule is C=C(CBr)[C@H](C)OCc1ccc(OC)cc1. The maximum absolute atomic E-state index is 5.68. The number of alkyl halides is 1. The summed E-state index contributed by atoms with van der Waals surface area (Å²) in [6.45, 7) is 6.52. The molecule has 0 aliphatic carbocycles. The van der Waals surface area contributed by atoms with Gasteiger partial charge in [0.2, 0.25) is 0 Å².